The third kappa shape index (κ3) is 4.06. The van der Waals surface area contributed by atoms with Crippen LogP contribution in [0.2, 0.25) is 0 Å². The molecule has 1 aromatic rings. The molecule has 0 aromatic heterocycles. The largest absolute Gasteiger partial charge is 0.481 e. The fourth-order valence-electron chi connectivity index (χ4n) is 1.12. The lowest BCUT2D eigenvalue weighted by Gasteiger charge is -2.07. The lowest BCUT2D eigenvalue weighted by Crippen LogP contribution is -2.12. The standard InChI is InChI=1S/C12H13BrO3/c1-15-12(14)9-16-11-7-3-2-5-10(11)6-4-8-13/h2-7H,8-9H2,1H3. The number of hydrogen-bond donors (Lipinski definition) is 0. The maximum absolute atomic E-state index is 10.9. The van der Waals surface area contributed by atoms with Gasteiger partial charge in [-0.1, -0.05) is 46.3 Å². The topological polar surface area (TPSA) is 35.5 Å². The fraction of sp³-hybridized carbons (Fsp3) is 0.250. The average molecular weight is 285 g/mol. The maximum Gasteiger partial charge on any atom is 0.343 e. The van der Waals surface area contributed by atoms with Crippen molar-refractivity contribution in [3.63, 3.8) is 0 Å². The second kappa shape index (κ2) is 7.06. The Morgan fingerprint density at radius 2 is 2.19 bits per heavy atom. The SMILES string of the molecule is COC(=O)COc1ccccc1C=CCBr. The Kier molecular flexibility index (Phi) is 5.64. The summed E-state index contributed by atoms with van der Waals surface area (Å²) in [5.74, 6) is 0.282. The second-order valence-corrected chi connectivity index (χ2v) is 3.61. The number of alkyl halides is 1. The summed E-state index contributed by atoms with van der Waals surface area (Å²) >= 11 is 3.30. The summed E-state index contributed by atoms with van der Waals surface area (Å²) in [7, 11) is 1.34. The Morgan fingerprint density at radius 3 is 2.88 bits per heavy atom. The number of ether oxygens (including phenoxy) is 2. The lowest BCUT2D eigenvalue weighted by atomic mass is 10.2. The van der Waals surface area contributed by atoms with E-state index >= 15 is 0 Å². The molecule has 0 saturated carbocycles. The van der Waals surface area contributed by atoms with Crippen LogP contribution in [-0.2, 0) is 9.53 Å². The molecule has 0 radical (unpaired) electrons. The number of methoxy groups -OCH3 is 1. The number of hydrogen-bond acceptors (Lipinski definition) is 3. The van der Waals surface area contributed by atoms with Crippen LogP contribution >= 0.6 is 15.9 Å². The monoisotopic (exact) mass is 284 g/mol. The van der Waals surface area contributed by atoms with Crippen LogP contribution in [0.5, 0.6) is 5.75 Å². The first kappa shape index (κ1) is 12.8. The number of carbonyl (C=O) groups excluding carboxylic acids is 1. The molecule has 0 N–H and O–H groups in total. The summed E-state index contributed by atoms with van der Waals surface area (Å²) < 4.78 is 9.85. The van der Waals surface area contributed by atoms with E-state index in [0.29, 0.717) is 5.75 Å². The van der Waals surface area contributed by atoms with Crippen molar-refractivity contribution in [3.05, 3.63) is 35.9 Å². The molecule has 1 aromatic carbocycles. The first-order valence-electron chi connectivity index (χ1n) is 4.79. The molecule has 1 rings (SSSR count). The van der Waals surface area contributed by atoms with Crippen molar-refractivity contribution in [1.82, 2.24) is 0 Å². The molecule has 3 nitrogen and oxygen atoms in total. The Labute approximate surface area is 103 Å². The van der Waals surface area contributed by atoms with E-state index in [1.807, 2.05) is 36.4 Å². The van der Waals surface area contributed by atoms with Gasteiger partial charge in [0.25, 0.3) is 0 Å². The van der Waals surface area contributed by atoms with Gasteiger partial charge in [0.15, 0.2) is 6.61 Å². The highest BCUT2D eigenvalue weighted by Gasteiger charge is 2.03. The lowest BCUT2D eigenvalue weighted by molar-refractivity contribution is -0.142. The summed E-state index contributed by atoms with van der Waals surface area (Å²) in [5.41, 5.74) is 0.936. The zero-order chi connectivity index (χ0) is 11.8. The van der Waals surface area contributed by atoms with Crippen LogP contribution in [0.25, 0.3) is 6.08 Å². The van der Waals surface area contributed by atoms with E-state index in [9.17, 15) is 4.79 Å². The van der Waals surface area contributed by atoms with Crippen molar-refractivity contribution >= 4 is 28.0 Å². The summed E-state index contributed by atoms with van der Waals surface area (Å²) in [6.45, 7) is -0.0737. The fourth-order valence-corrected chi connectivity index (χ4v) is 1.30. The Bertz CT molecular complexity index is 374. The highest BCUT2D eigenvalue weighted by Crippen LogP contribution is 2.19. The number of carbonyl (C=O) groups is 1. The molecule has 4 heteroatoms. The van der Waals surface area contributed by atoms with Crippen molar-refractivity contribution in [2.75, 3.05) is 19.0 Å². The zero-order valence-corrected chi connectivity index (χ0v) is 10.6. The van der Waals surface area contributed by atoms with Crippen molar-refractivity contribution in [2.24, 2.45) is 0 Å². The summed E-state index contributed by atoms with van der Waals surface area (Å²) in [5, 5.41) is 0.776. The van der Waals surface area contributed by atoms with E-state index in [4.69, 9.17) is 4.74 Å². The van der Waals surface area contributed by atoms with Gasteiger partial charge in [-0.2, -0.15) is 0 Å². The van der Waals surface area contributed by atoms with Gasteiger partial charge in [-0.15, -0.1) is 0 Å². The van der Waals surface area contributed by atoms with E-state index in [-0.39, 0.29) is 12.6 Å². The van der Waals surface area contributed by atoms with Gasteiger partial charge in [0.1, 0.15) is 5.75 Å². The van der Waals surface area contributed by atoms with Gasteiger partial charge in [-0.3, -0.25) is 0 Å². The summed E-state index contributed by atoms with van der Waals surface area (Å²) in [4.78, 5) is 10.9. The molecule has 0 aliphatic carbocycles. The Hall–Kier alpha value is -1.29. The van der Waals surface area contributed by atoms with Gasteiger partial charge < -0.3 is 9.47 Å². The van der Waals surface area contributed by atoms with Crippen LogP contribution in [0, 0.1) is 0 Å². The predicted octanol–water partition coefficient (Wildman–Crippen LogP) is 2.65. The normalized spacial score (nSPS) is 10.4. The van der Waals surface area contributed by atoms with E-state index in [0.717, 1.165) is 10.9 Å². The molecule has 0 amide bonds. The van der Waals surface area contributed by atoms with Crippen LogP contribution < -0.4 is 4.74 Å². The molecular formula is C12H13BrO3. The minimum absolute atomic E-state index is 0.0737. The van der Waals surface area contributed by atoms with E-state index in [2.05, 4.69) is 20.7 Å². The smallest absolute Gasteiger partial charge is 0.343 e. The van der Waals surface area contributed by atoms with Crippen LogP contribution in [0.15, 0.2) is 30.3 Å². The molecule has 86 valence electrons. The van der Waals surface area contributed by atoms with E-state index in [1.165, 1.54) is 7.11 Å². The number of halogens is 1. The Balaban J connectivity index is 2.71. The van der Waals surface area contributed by atoms with Gasteiger partial charge >= 0.3 is 5.97 Å². The molecule has 0 fully saturated rings. The third-order valence-corrected chi connectivity index (χ3v) is 2.25. The molecule has 0 spiro atoms. The van der Waals surface area contributed by atoms with Gasteiger partial charge in [0, 0.05) is 10.9 Å². The molecule has 0 saturated heterocycles. The highest BCUT2D eigenvalue weighted by molar-refractivity contribution is 9.09. The van der Waals surface area contributed by atoms with E-state index in [1.54, 1.807) is 0 Å². The predicted molar refractivity (Wildman–Crippen MR) is 66.8 cm³/mol. The quantitative estimate of drug-likeness (QED) is 0.616. The molecule has 0 bridgehead atoms. The maximum atomic E-state index is 10.9. The molecule has 0 heterocycles. The molecule has 16 heavy (non-hydrogen) atoms. The number of allylic oxidation sites excluding steroid dienone is 1. The summed E-state index contributed by atoms with van der Waals surface area (Å²) in [6, 6.07) is 7.51. The van der Waals surface area contributed by atoms with Crippen LogP contribution in [-0.4, -0.2) is 25.0 Å². The van der Waals surface area contributed by atoms with Crippen LogP contribution in [0.3, 0.4) is 0 Å². The van der Waals surface area contributed by atoms with E-state index < -0.39 is 0 Å². The van der Waals surface area contributed by atoms with Crippen LogP contribution in [0.1, 0.15) is 5.56 Å². The van der Waals surface area contributed by atoms with Crippen molar-refractivity contribution in [3.8, 4) is 5.75 Å². The number of rotatable bonds is 5. The molecule has 0 atom stereocenters. The zero-order valence-electron chi connectivity index (χ0n) is 8.98. The molecule has 0 aliphatic rings. The minimum Gasteiger partial charge on any atom is -0.481 e. The van der Waals surface area contributed by atoms with Gasteiger partial charge in [-0.05, 0) is 6.07 Å². The minimum atomic E-state index is -0.390. The summed E-state index contributed by atoms with van der Waals surface area (Å²) in [6.07, 6.45) is 3.89. The van der Waals surface area contributed by atoms with Crippen molar-refractivity contribution < 1.29 is 14.3 Å². The molecular weight excluding hydrogens is 272 g/mol. The van der Waals surface area contributed by atoms with Gasteiger partial charge in [-0.25, -0.2) is 4.79 Å². The number of esters is 1. The van der Waals surface area contributed by atoms with Crippen LogP contribution in [0.4, 0.5) is 0 Å². The highest BCUT2D eigenvalue weighted by atomic mass is 79.9. The van der Waals surface area contributed by atoms with Gasteiger partial charge in [0.2, 0.25) is 0 Å². The molecule has 0 aliphatic heterocycles. The average Bonchev–Trinajstić information content (AvgIpc) is 2.34. The third-order valence-electron chi connectivity index (χ3n) is 1.88. The second-order valence-electron chi connectivity index (χ2n) is 2.96. The first-order valence-corrected chi connectivity index (χ1v) is 5.91. The van der Waals surface area contributed by atoms with Gasteiger partial charge in [0.05, 0.1) is 7.11 Å². The van der Waals surface area contributed by atoms with Crippen molar-refractivity contribution in [1.29, 1.82) is 0 Å². The Morgan fingerprint density at radius 1 is 1.44 bits per heavy atom. The first-order chi connectivity index (χ1) is 7.77. The molecule has 0 unspecified atom stereocenters. The number of benzene rings is 1. The van der Waals surface area contributed by atoms with Crippen molar-refractivity contribution in [2.45, 2.75) is 0 Å². The number of para-hydroxylation sites is 1.